The average molecular weight is 365 g/mol. The van der Waals surface area contributed by atoms with Crippen molar-refractivity contribution in [3.05, 3.63) is 41.6 Å². The van der Waals surface area contributed by atoms with Gasteiger partial charge in [-0.1, -0.05) is 0 Å². The van der Waals surface area contributed by atoms with Gasteiger partial charge in [-0.25, -0.2) is 4.98 Å². The third-order valence-electron chi connectivity index (χ3n) is 5.17. The Kier molecular flexibility index (Phi) is 4.53. The van der Waals surface area contributed by atoms with E-state index in [2.05, 4.69) is 32.4 Å². The number of carbonyl (C=O) groups excluding carboxylic acids is 1. The molecule has 1 saturated heterocycles. The molecule has 3 N–H and O–H groups in total. The van der Waals surface area contributed by atoms with Gasteiger partial charge < -0.3 is 15.3 Å². The van der Waals surface area contributed by atoms with Crippen molar-refractivity contribution < 1.29 is 9.90 Å². The Hall–Kier alpha value is -2.93. The molecule has 0 radical (unpaired) electrons. The minimum Gasteiger partial charge on any atom is -0.508 e. The van der Waals surface area contributed by atoms with Gasteiger partial charge in [0, 0.05) is 11.6 Å². The van der Waals surface area contributed by atoms with Crippen LogP contribution in [0.25, 0.3) is 22.3 Å². The van der Waals surface area contributed by atoms with Crippen molar-refractivity contribution in [1.29, 1.82) is 0 Å². The number of nitrogens with zero attached hydrogens (tertiary/aromatic N) is 3. The summed E-state index contributed by atoms with van der Waals surface area (Å²) >= 11 is 0. The fourth-order valence-electron chi connectivity index (χ4n) is 3.56. The normalized spacial score (nSPS) is 15.9. The van der Waals surface area contributed by atoms with E-state index in [4.69, 9.17) is 0 Å². The van der Waals surface area contributed by atoms with Gasteiger partial charge in [-0.05, 0) is 70.2 Å². The summed E-state index contributed by atoms with van der Waals surface area (Å²) < 4.78 is 0. The quantitative estimate of drug-likeness (QED) is 0.663. The summed E-state index contributed by atoms with van der Waals surface area (Å²) in [5.74, 6) is 0.0962. The van der Waals surface area contributed by atoms with Crippen LogP contribution in [0.4, 0.5) is 0 Å². The molecule has 2 aromatic heterocycles. The summed E-state index contributed by atoms with van der Waals surface area (Å²) in [4.78, 5) is 19.9. The maximum Gasteiger partial charge on any atom is 0.252 e. The number of rotatable bonds is 3. The summed E-state index contributed by atoms with van der Waals surface area (Å²) in [5, 5.41) is 20.6. The van der Waals surface area contributed by atoms with E-state index in [-0.39, 0.29) is 17.7 Å². The molecule has 0 spiro atoms. The number of aryl methyl sites for hydroxylation is 1. The second-order valence-corrected chi connectivity index (χ2v) is 7.19. The van der Waals surface area contributed by atoms with E-state index in [0.29, 0.717) is 16.9 Å². The Morgan fingerprint density at radius 2 is 1.96 bits per heavy atom. The van der Waals surface area contributed by atoms with Crippen molar-refractivity contribution in [3.63, 3.8) is 0 Å². The molecule has 1 aromatic carbocycles. The van der Waals surface area contributed by atoms with E-state index in [1.165, 1.54) is 0 Å². The first-order chi connectivity index (χ1) is 13.0. The summed E-state index contributed by atoms with van der Waals surface area (Å²) in [5.41, 5.74) is 3.41. The summed E-state index contributed by atoms with van der Waals surface area (Å²) in [7, 11) is 2.10. The van der Waals surface area contributed by atoms with Crippen LogP contribution in [0.2, 0.25) is 0 Å². The third-order valence-corrected chi connectivity index (χ3v) is 5.17. The van der Waals surface area contributed by atoms with Gasteiger partial charge in [-0.3, -0.25) is 9.89 Å². The zero-order chi connectivity index (χ0) is 19.0. The fraction of sp³-hybridized carbons (Fsp3) is 0.350. The van der Waals surface area contributed by atoms with Gasteiger partial charge in [0.05, 0.1) is 22.3 Å². The molecular formula is C20H23N5O2. The van der Waals surface area contributed by atoms with Crippen LogP contribution in [0.3, 0.4) is 0 Å². The molecule has 1 amide bonds. The predicted molar refractivity (Wildman–Crippen MR) is 104 cm³/mol. The molecule has 1 fully saturated rings. The first-order valence-corrected chi connectivity index (χ1v) is 9.16. The van der Waals surface area contributed by atoms with Crippen molar-refractivity contribution in [3.8, 4) is 17.0 Å². The highest BCUT2D eigenvalue weighted by molar-refractivity contribution is 6.07. The summed E-state index contributed by atoms with van der Waals surface area (Å²) in [6.45, 7) is 3.84. The second-order valence-electron chi connectivity index (χ2n) is 7.19. The van der Waals surface area contributed by atoms with E-state index >= 15 is 0 Å². The number of pyridine rings is 1. The number of hydrogen-bond acceptors (Lipinski definition) is 5. The summed E-state index contributed by atoms with van der Waals surface area (Å²) in [6.07, 6.45) is 1.90. The molecule has 7 nitrogen and oxygen atoms in total. The van der Waals surface area contributed by atoms with Gasteiger partial charge in [0.15, 0.2) is 5.65 Å². The average Bonchev–Trinajstić information content (AvgIpc) is 3.04. The van der Waals surface area contributed by atoms with Crippen LogP contribution in [0.15, 0.2) is 30.3 Å². The number of piperidine rings is 1. The van der Waals surface area contributed by atoms with Crippen molar-refractivity contribution >= 4 is 16.9 Å². The molecule has 1 aliphatic heterocycles. The van der Waals surface area contributed by atoms with Crippen molar-refractivity contribution in [2.24, 2.45) is 0 Å². The van der Waals surface area contributed by atoms with Gasteiger partial charge >= 0.3 is 0 Å². The van der Waals surface area contributed by atoms with E-state index in [9.17, 15) is 9.90 Å². The Bertz CT molecular complexity index is 972. The number of nitrogens with one attached hydrogen (secondary N) is 2. The van der Waals surface area contributed by atoms with Crippen LogP contribution in [-0.4, -0.2) is 57.3 Å². The van der Waals surface area contributed by atoms with Crippen LogP contribution in [-0.2, 0) is 0 Å². The van der Waals surface area contributed by atoms with Gasteiger partial charge in [-0.15, -0.1) is 0 Å². The third kappa shape index (κ3) is 3.50. The number of fused-ring (bicyclic) bond motifs is 1. The number of likely N-dealkylation sites (tertiary alicyclic amines) is 1. The Labute approximate surface area is 157 Å². The topological polar surface area (TPSA) is 94.1 Å². The molecule has 140 valence electrons. The standard InChI is InChI=1S/C20H23N5O2/c1-12-18-16(20(27)21-14-7-9-25(2)10-8-14)11-17(22-19(18)24-23-12)13-3-5-15(26)6-4-13/h3-6,11,14,26H,7-10H2,1-2H3,(H,21,27)(H,22,23,24). The minimum atomic E-state index is -0.0959. The monoisotopic (exact) mass is 365 g/mol. The van der Waals surface area contributed by atoms with Crippen molar-refractivity contribution in [1.82, 2.24) is 25.4 Å². The van der Waals surface area contributed by atoms with Gasteiger partial charge in [0.1, 0.15) is 5.75 Å². The number of H-pyrrole nitrogens is 1. The van der Waals surface area contributed by atoms with E-state index in [1.807, 2.05) is 13.0 Å². The van der Waals surface area contributed by atoms with E-state index in [1.54, 1.807) is 24.3 Å². The number of carbonyl (C=O) groups is 1. The van der Waals surface area contributed by atoms with Crippen molar-refractivity contribution in [2.45, 2.75) is 25.8 Å². The molecule has 3 aromatic rings. The van der Waals surface area contributed by atoms with Gasteiger partial charge in [0.2, 0.25) is 0 Å². The molecular weight excluding hydrogens is 342 g/mol. The van der Waals surface area contributed by atoms with Crippen LogP contribution in [0.5, 0.6) is 5.75 Å². The molecule has 0 bridgehead atoms. The van der Waals surface area contributed by atoms with Crippen molar-refractivity contribution in [2.75, 3.05) is 20.1 Å². The van der Waals surface area contributed by atoms with E-state index in [0.717, 1.165) is 42.6 Å². The SMILES string of the molecule is Cc1n[nH]c2nc(-c3ccc(O)cc3)cc(C(=O)NC3CCN(C)CC3)c12. The first-order valence-electron chi connectivity index (χ1n) is 9.16. The smallest absolute Gasteiger partial charge is 0.252 e. The molecule has 0 atom stereocenters. The highest BCUT2D eigenvalue weighted by atomic mass is 16.3. The van der Waals surface area contributed by atoms with Crippen LogP contribution in [0, 0.1) is 6.92 Å². The summed E-state index contributed by atoms with van der Waals surface area (Å²) in [6, 6.07) is 8.77. The van der Waals surface area contributed by atoms with Crippen LogP contribution >= 0.6 is 0 Å². The van der Waals surface area contributed by atoms with E-state index < -0.39 is 0 Å². The number of amides is 1. The highest BCUT2D eigenvalue weighted by Crippen LogP contribution is 2.27. The predicted octanol–water partition coefficient (Wildman–Crippen LogP) is 2.46. The van der Waals surface area contributed by atoms with Crippen LogP contribution < -0.4 is 5.32 Å². The Morgan fingerprint density at radius 3 is 2.67 bits per heavy atom. The minimum absolute atomic E-state index is 0.0959. The Balaban J connectivity index is 1.70. The largest absolute Gasteiger partial charge is 0.508 e. The second kappa shape index (κ2) is 7.00. The molecule has 1 aliphatic rings. The fourth-order valence-corrected chi connectivity index (χ4v) is 3.56. The molecule has 7 heteroatoms. The highest BCUT2D eigenvalue weighted by Gasteiger charge is 2.22. The lowest BCUT2D eigenvalue weighted by Crippen LogP contribution is -2.43. The first kappa shape index (κ1) is 17.5. The number of aromatic nitrogens is 3. The number of hydrogen-bond donors (Lipinski definition) is 3. The molecule has 0 aliphatic carbocycles. The number of aromatic amines is 1. The lowest BCUT2D eigenvalue weighted by molar-refractivity contribution is 0.0918. The maximum absolute atomic E-state index is 13.1. The zero-order valence-corrected chi connectivity index (χ0v) is 15.5. The van der Waals surface area contributed by atoms with Crippen LogP contribution in [0.1, 0.15) is 28.9 Å². The number of aromatic hydroxyl groups is 1. The molecule has 0 unspecified atom stereocenters. The zero-order valence-electron chi connectivity index (χ0n) is 15.5. The number of benzene rings is 1. The Morgan fingerprint density at radius 1 is 1.26 bits per heavy atom. The number of phenolic OH excluding ortho intramolecular Hbond substituents is 1. The lowest BCUT2D eigenvalue weighted by atomic mass is 10.0. The lowest BCUT2D eigenvalue weighted by Gasteiger charge is -2.29. The molecule has 27 heavy (non-hydrogen) atoms. The van der Waals surface area contributed by atoms with Gasteiger partial charge in [0.25, 0.3) is 5.91 Å². The van der Waals surface area contributed by atoms with Gasteiger partial charge in [-0.2, -0.15) is 5.10 Å². The molecule has 0 saturated carbocycles. The maximum atomic E-state index is 13.1. The number of phenols is 1. The molecule has 4 rings (SSSR count). The molecule has 3 heterocycles.